The van der Waals surface area contributed by atoms with E-state index in [0.29, 0.717) is 24.3 Å². The van der Waals surface area contributed by atoms with Crippen molar-refractivity contribution in [3.8, 4) is 22.6 Å². The number of hydrogen-bond acceptors (Lipinski definition) is 10. The van der Waals surface area contributed by atoms with Crippen molar-refractivity contribution in [3.05, 3.63) is 145 Å². The molecule has 51 heavy (non-hydrogen) atoms. The van der Waals surface area contributed by atoms with Crippen LogP contribution in [0.3, 0.4) is 0 Å². The van der Waals surface area contributed by atoms with Crippen LogP contribution in [0.5, 0.6) is 11.5 Å². The van der Waals surface area contributed by atoms with Crippen LogP contribution in [0.15, 0.2) is 122 Å². The molecule has 0 bridgehead atoms. The lowest BCUT2D eigenvalue weighted by atomic mass is 9.68. The van der Waals surface area contributed by atoms with Gasteiger partial charge in [-0.15, -0.1) is 0 Å². The van der Waals surface area contributed by atoms with Gasteiger partial charge in [0.15, 0.2) is 0 Å². The Balaban J connectivity index is 1.37. The fourth-order valence-corrected chi connectivity index (χ4v) is 6.15. The number of fused-ring (bicyclic) bond motifs is 3. The molecule has 0 saturated heterocycles. The van der Waals surface area contributed by atoms with E-state index in [1.807, 2.05) is 72.8 Å². The molecular weight excluding hydrogens is 652 g/mol. The molecule has 0 saturated carbocycles. The standard InChI is InChI=1S/C41H42O10/c1-3-37(44)46-23-9-25-48-39(27-42)50-31-19-15-29(16-20-31)41(35-13-7-5-11-33(35)34-12-6-8-14-36(34)41)30-17-21-32(22-18-30)51-40(28-43)49-26-10-24-47-38(45)4-2/h3-8,11-22,39-40,42-43H,1-2,9-10,23-28H2. The van der Waals surface area contributed by atoms with Gasteiger partial charge in [-0.05, 0) is 57.6 Å². The van der Waals surface area contributed by atoms with Gasteiger partial charge in [-0.2, -0.15) is 0 Å². The van der Waals surface area contributed by atoms with Crippen LogP contribution < -0.4 is 9.47 Å². The van der Waals surface area contributed by atoms with Crippen molar-refractivity contribution in [2.45, 2.75) is 30.8 Å². The highest BCUT2D eigenvalue weighted by molar-refractivity contribution is 5.86. The molecule has 1 aliphatic rings. The summed E-state index contributed by atoms with van der Waals surface area (Å²) < 4.78 is 33.2. The fourth-order valence-electron chi connectivity index (χ4n) is 6.15. The van der Waals surface area contributed by atoms with Crippen LogP contribution in [0.25, 0.3) is 11.1 Å². The second kappa shape index (κ2) is 18.1. The summed E-state index contributed by atoms with van der Waals surface area (Å²) in [6.45, 7) is 6.80. The summed E-state index contributed by atoms with van der Waals surface area (Å²) in [6.07, 6.45) is 1.27. The molecule has 0 aromatic heterocycles. The molecule has 0 spiro atoms. The number of carbonyl (C=O) groups excluding carboxylic acids is 2. The molecular formula is C41H42O10. The van der Waals surface area contributed by atoms with E-state index in [4.69, 9.17) is 28.4 Å². The molecule has 0 heterocycles. The highest BCUT2D eigenvalue weighted by atomic mass is 16.7. The minimum Gasteiger partial charge on any atom is -0.462 e. The molecule has 2 atom stereocenters. The van der Waals surface area contributed by atoms with Crippen molar-refractivity contribution in [1.29, 1.82) is 0 Å². The maximum Gasteiger partial charge on any atom is 0.330 e. The molecule has 5 rings (SSSR count). The van der Waals surface area contributed by atoms with E-state index in [2.05, 4.69) is 37.4 Å². The van der Waals surface area contributed by atoms with Crippen LogP contribution in [0.4, 0.5) is 0 Å². The number of ether oxygens (including phenoxy) is 6. The molecule has 266 valence electrons. The van der Waals surface area contributed by atoms with Crippen LogP contribution in [0.2, 0.25) is 0 Å². The molecule has 1 aliphatic carbocycles. The third kappa shape index (κ3) is 8.73. The minimum absolute atomic E-state index is 0.169. The molecule has 2 N–H and O–H groups in total. The Morgan fingerprint density at radius 3 is 1.35 bits per heavy atom. The lowest BCUT2D eigenvalue weighted by molar-refractivity contribution is -0.140. The Kier molecular flexibility index (Phi) is 13.1. The number of esters is 2. The summed E-state index contributed by atoms with van der Waals surface area (Å²) in [7, 11) is 0. The Morgan fingerprint density at radius 1 is 0.588 bits per heavy atom. The van der Waals surface area contributed by atoms with Crippen LogP contribution in [0, 0.1) is 0 Å². The van der Waals surface area contributed by atoms with E-state index >= 15 is 0 Å². The van der Waals surface area contributed by atoms with Crippen molar-refractivity contribution < 1.29 is 48.2 Å². The Morgan fingerprint density at radius 2 is 0.980 bits per heavy atom. The summed E-state index contributed by atoms with van der Waals surface area (Å²) in [5.41, 5.74) is 5.82. The molecule has 0 aliphatic heterocycles. The summed E-state index contributed by atoms with van der Waals surface area (Å²) in [6, 6.07) is 32.2. The average molecular weight is 695 g/mol. The number of hydrogen-bond donors (Lipinski definition) is 2. The molecule has 4 aromatic rings. The van der Waals surface area contributed by atoms with E-state index < -0.39 is 29.9 Å². The SMILES string of the molecule is C=CC(=O)OCCCOC(CO)Oc1ccc(C2(c3ccc(OC(CO)OCCCOC(=O)C=C)cc3)c3ccccc3-c3ccccc32)cc1. The molecule has 2 unspecified atom stereocenters. The van der Waals surface area contributed by atoms with Crippen molar-refractivity contribution in [2.24, 2.45) is 0 Å². The summed E-state index contributed by atoms with van der Waals surface area (Å²) in [5.74, 6) is 0.0311. The lowest BCUT2D eigenvalue weighted by Crippen LogP contribution is -2.29. The summed E-state index contributed by atoms with van der Waals surface area (Å²) >= 11 is 0. The number of rotatable bonds is 20. The van der Waals surface area contributed by atoms with Gasteiger partial charge in [0, 0.05) is 25.0 Å². The Hall–Kier alpha value is -5.26. The van der Waals surface area contributed by atoms with Crippen LogP contribution in [0.1, 0.15) is 35.1 Å². The second-order valence-electron chi connectivity index (χ2n) is 11.5. The van der Waals surface area contributed by atoms with Crippen molar-refractivity contribution in [2.75, 3.05) is 39.6 Å². The monoisotopic (exact) mass is 694 g/mol. The van der Waals surface area contributed by atoms with Gasteiger partial charge in [-0.3, -0.25) is 0 Å². The molecule has 10 heteroatoms. The van der Waals surface area contributed by atoms with E-state index in [-0.39, 0.29) is 39.6 Å². The summed E-state index contributed by atoms with van der Waals surface area (Å²) in [4.78, 5) is 22.5. The first-order valence-corrected chi connectivity index (χ1v) is 16.7. The fraction of sp³-hybridized carbons (Fsp3) is 0.268. The van der Waals surface area contributed by atoms with Crippen LogP contribution in [-0.2, 0) is 34.0 Å². The van der Waals surface area contributed by atoms with Crippen molar-refractivity contribution >= 4 is 11.9 Å². The van der Waals surface area contributed by atoms with E-state index in [1.165, 1.54) is 0 Å². The minimum atomic E-state index is -0.901. The zero-order valence-corrected chi connectivity index (χ0v) is 28.3. The molecule has 0 radical (unpaired) electrons. The topological polar surface area (TPSA) is 130 Å². The Bertz CT molecular complexity index is 1640. The molecule has 4 aromatic carbocycles. The van der Waals surface area contributed by atoms with Crippen molar-refractivity contribution in [1.82, 2.24) is 0 Å². The highest BCUT2D eigenvalue weighted by Gasteiger charge is 2.45. The van der Waals surface area contributed by atoms with Gasteiger partial charge < -0.3 is 38.6 Å². The van der Waals surface area contributed by atoms with Crippen molar-refractivity contribution in [3.63, 3.8) is 0 Å². The third-order valence-corrected chi connectivity index (χ3v) is 8.37. The van der Waals surface area contributed by atoms with E-state index in [0.717, 1.165) is 45.5 Å². The van der Waals surface area contributed by atoms with Gasteiger partial charge in [0.05, 0.1) is 31.8 Å². The predicted octanol–water partition coefficient (Wildman–Crippen LogP) is 5.72. The zero-order valence-electron chi connectivity index (χ0n) is 28.3. The number of carbonyl (C=O) groups is 2. The third-order valence-electron chi connectivity index (χ3n) is 8.37. The first-order chi connectivity index (χ1) is 24.9. The first-order valence-electron chi connectivity index (χ1n) is 16.7. The average Bonchev–Trinajstić information content (AvgIpc) is 3.48. The normalized spacial score (nSPS) is 13.6. The molecule has 0 fully saturated rings. The smallest absolute Gasteiger partial charge is 0.330 e. The first kappa shape index (κ1) is 37.0. The van der Waals surface area contributed by atoms with Crippen LogP contribution >= 0.6 is 0 Å². The zero-order chi connectivity index (χ0) is 36.1. The number of aliphatic hydroxyl groups is 2. The number of aliphatic hydroxyl groups excluding tert-OH is 2. The number of benzene rings is 4. The van der Waals surface area contributed by atoms with Gasteiger partial charge in [0.1, 0.15) is 24.7 Å². The van der Waals surface area contributed by atoms with E-state index in [1.54, 1.807) is 0 Å². The Labute approximate surface area is 297 Å². The predicted molar refractivity (Wildman–Crippen MR) is 190 cm³/mol. The highest BCUT2D eigenvalue weighted by Crippen LogP contribution is 2.56. The van der Waals surface area contributed by atoms with E-state index in [9.17, 15) is 19.8 Å². The second-order valence-corrected chi connectivity index (χ2v) is 11.5. The quantitative estimate of drug-likeness (QED) is 0.0452. The molecule has 0 amide bonds. The van der Waals surface area contributed by atoms with Crippen LogP contribution in [-0.4, -0.2) is 74.4 Å². The maximum absolute atomic E-state index is 11.2. The van der Waals surface area contributed by atoms with Gasteiger partial charge in [-0.1, -0.05) is 86.0 Å². The summed E-state index contributed by atoms with van der Waals surface area (Å²) in [5, 5.41) is 19.8. The lowest BCUT2D eigenvalue weighted by Gasteiger charge is -2.34. The van der Waals surface area contributed by atoms with Gasteiger partial charge in [-0.25, -0.2) is 9.59 Å². The maximum atomic E-state index is 11.2. The van der Waals surface area contributed by atoms with Gasteiger partial charge in [0.25, 0.3) is 0 Å². The largest absolute Gasteiger partial charge is 0.462 e. The molecule has 10 nitrogen and oxygen atoms in total. The van der Waals surface area contributed by atoms with Gasteiger partial charge >= 0.3 is 11.9 Å². The van der Waals surface area contributed by atoms with Gasteiger partial charge in [0.2, 0.25) is 12.6 Å².